The minimum atomic E-state index is -3.58. The van der Waals surface area contributed by atoms with Crippen LogP contribution in [0.2, 0.25) is 0 Å². The summed E-state index contributed by atoms with van der Waals surface area (Å²) in [5, 5.41) is 2.93. The molecule has 0 aliphatic heterocycles. The predicted molar refractivity (Wildman–Crippen MR) is 106 cm³/mol. The lowest BCUT2D eigenvalue weighted by molar-refractivity contribution is 0.0951. The highest BCUT2D eigenvalue weighted by atomic mass is 32.2. The molecular weight excluding hydrogens is 360 g/mol. The van der Waals surface area contributed by atoms with E-state index in [9.17, 15) is 13.2 Å². The van der Waals surface area contributed by atoms with Crippen LogP contribution in [0.25, 0.3) is 0 Å². The normalized spacial score (nSPS) is 14.8. The fourth-order valence-electron chi connectivity index (χ4n) is 2.67. The summed E-state index contributed by atoms with van der Waals surface area (Å²) in [6.45, 7) is 6.43. The third kappa shape index (κ3) is 5.17. The molecule has 3 rings (SSSR count). The monoisotopic (exact) mass is 386 g/mol. The van der Waals surface area contributed by atoms with E-state index in [4.69, 9.17) is 0 Å². The highest BCUT2D eigenvalue weighted by Crippen LogP contribution is 2.23. The van der Waals surface area contributed by atoms with E-state index in [1.165, 1.54) is 0 Å². The minimum Gasteiger partial charge on any atom is -0.349 e. The number of hydrogen-bond acceptors (Lipinski definition) is 3. The summed E-state index contributed by atoms with van der Waals surface area (Å²) in [4.78, 5) is 12.2. The summed E-state index contributed by atoms with van der Waals surface area (Å²) in [6, 6.07) is 14.3. The van der Waals surface area contributed by atoms with Gasteiger partial charge in [0.2, 0.25) is 10.0 Å². The zero-order valence-corrected chi connectivity index (χ0v) is 16.8. The van der Waals surface area contributed by atoms with Crippen LogP contribution in [0, 0.1) is 0 Å². The van der Waals surface area contributed by atoms with Crippen LogP contribution in [0.4, 0.5) is 0 Å². The van der Waals surface area contributed by atoms with Gasteiger partial charge in [0, 0.05) is 18.2 Å². The first-order chi connectivity index (χ1) is 12.6. The topological polar surface area (TPSA) is 75.3 Å². The zero-order chi connectivity index (χ0) is 19.7. The molecule has 0 aromatic heterocycles. The molecule has 0 saturated heterocycles. The SMILES string of the molecule is CC(C)(C)c1ccc(S(=O)(=O)NCc2ccc(C(=O)NC3CC3)cc2)cc1. The van der Waals surface area contributed by atoms with E-state index in [-0.39, 0.29) is 22.8 Å². The molecule has 1 aliphatic carbocycles. The second kappa shape index (κ2) is 7.44. The van der Waals surface area contributed by atoms with Crippen molar-refractivity contribution in [1.29, 1.82) is 0 Å². The molecule has 2 aromatic carbocycles. The van der Waals surface area contributed by atoms with Crippen molar-refractivity contribution in [1.82, 2.24) is 10.0 Å². The molecule has 1 amide bonds. The molecule has 5 nitrogen and oxygen atoms in total. The van der Waals surface area contributed by atoms with Crippen LogP contribution in [0.5, 0.6) is 0 Å². The molecule has 1 saturated carbocycles. The summed E-state index contributed by atoms with van der Waals surface area (Å²) in [6.07, 6.45) is 2.09. The van der Waals surface area contributed by atoms with Gasteiger partial charge in [0.1, 0.15) is 0 Å². The van der Waals surface area contributed by atoms with Crippen LogP contribution in [-0.2, 0) is 22.0 Å². The Labute approximate surface area is 161 Å². The molecule has 2 N–H and O–H groups in total. The highest BCUT2D eigenvalue weighted by Gasteiger charge is 2.23. The highest BCUT2D eigenvalue weighted by molar-refractivity contribution is 7.89. The first-order valence-electron chi connectivity index (χ1n) is 9.15. The maximum absolute atomic E-state index is 12.5. The van der Waals surface area contributed by atoms with Gasteiger partial charge in [-0.25, -0.2) is 13.1 Å². The lowest BCUT2D eigenvalue weighted by Crippen LogP contribution is -2.25. The largest absolute Gasteiger partial charge is 0.349 e. The summed E-state index contributed by atoms with van der Waals surface area (Å²) < 4.78 is 27.6. The van der Waals surface area contributed by atoms with Gasteiger partial charge in [0.15, 0.2) is 0 Å². The lowest BCUT2D eigenvalue weighted by Gasteiger charge is -2.19. The van der Waals surface area contributed by atoms with Crippen molar-refractivity contribution in [3.8, 4) is 0 Å². The van der Waals surface area contributed by atoms with Crippen LogP contribution in [0.15, 0.2) is 53.4 Å². The van der Waals surface area contributed by atoms with Crippen molar-refractivity contribution in [2.75, 3.05) is 0 Å². The molecule has 0 unspecified atom stereocenters. The molecule has 0 bridgehead atoms. The molecule has 2 aromatic rings. The van der Waals surface area contributed by atoms with E-state index < -0.39 is 10.0 Å². The fourth-order valence-corrected chi connectivity index (χ4v) is 3.68. The quantitative estimate of drug-likeness (QED) is 0.799. The van der Waals surface area contributed by atoms with Gasteiger partial charge in [-0.15, -0.1) is 0 Å². The molecule has 27 heavy (non-hydrogen) atoms. The summed E-state index contributed by atoms with van der Waals surface area (Å²) in [7, 11) is -3.58. The molecule has 0 heterocycles. The minimum absolute atomic E-state index is 0.0245. The van der Waals surface area contributed by atoms with Gasteiger partial charge in [-0.2, -0.15) is 0 Å². The van der Waals surface area contributed by atoms with E-state index in [0.717, 1.165) is 24.0 Å². The van der Waals surface area contributed by atoms with Crippen molar-refractivity contribution in [2.45, 2.75) is 56.5 Å². The number of rotatable bonds is 6. The van der Waals surface area contributed by atoms with E-state index in [1.807, 2.05) is 12.1 Å². The van der Waals surface area contributed by atoms with E-state index >= 15 is 0 Å². The van der Waals surface area contributed by atoms with E-state index in [1.54, 1.807) is 36.4 Å². The van der Waals surface area contributed by atoms with E-state index in [0.29, 0.717) is 11.6 Å². The fraction of sp³-hybridized carbons (Fsp3) is 0.381. The molecule has 144 valence electrons. The number of carbonyl (C=O) groups excluding carboxylic acids is 1. The molecular formula is C21H26N2O3S. The number of hydrogen-bond donors (Lipinski definition) is 2. The average Bonchev–Trinajstić information content (AvgIpc) is 3.44. The molecule has 6 heteroatoms. The van der Waals surface area contributed by atoms with Crippen LogP contribution in [0.1, 0.15) is 55.1 Å². The first-order valence-corrected chi connectivity index (χ1v) is 10.6. The first kappa shape index (κ1) is 19.6. The van der Waals surface area contributed by atoms with Gasteiger partial charge in [0.05, 0.1) is 4.90 Å². The third-order valence-electron chi connectivity index (χ3n) is 4.63. The second-order valence-corrected chi connectivity index (χ2v) is 9.81. The maximum atomic E-state index is 12.5. The maximum Gasteiger partial charge on any atom is 0.251 e. The van der Waals surface area contributed by atoms with Gasteiger partial charge in [-0.05, 0) is 53.6 Å². The third-order valence-corrected chi connectivity index (χ3v) is 6.04. The average molecular weight is 387 g/mol. The zero-order valence-electron chi connectivity index (χ0n) is 16.0. The lowest BCUT2D eigenvalue weighted by atomic mass is 9.87. The van der Waals surface area contributed by atoms with Crippen molar-refractivity contribution < 1.29 is 13.2 Å². The number of benzene rings is 2. The molecule has 1 aliphatic rings. The second-order valence-electron chi connectivity index (χ2n) is 8.04. The van der Waals surface area contributed by atoms with Gasteiger partial charge < -0.3 is 5.32 Å². The van der Waals surface area contributed by atoms with Gasteiger partial charge in [-0.1, -0.05) is 45.0 Å². The van der Waals surface area contributed by atoms with E-state index in [2.05, 4.69) is 30.8 Å². The van der Waals surface area contributed by atoms with Crippen molar-refractivity contribution in [3.05, 3.63) is 65.2 Å². The van der Waals surface area contributed by atoms with Crippen LogP contribution in [-0.4, -0.2) is 20.4 Å². The van der Waals surface area contributed by atoms with Gasteiger partial charge in [0.25, 0.3) is 5.91 Å². The Morgan fingerprint density at radius 1 is 1.00 bits per heavy atom. The Morgan fingerprint density at radius 3 is 2.11 bits per heavy atom. The van der Waals surface area contributed by atoms with Crippen LogP contribution >= 0.6 is 0 Å². The number of carbonyl (C=O) groups is 1. The molecule has 0 atom stereocenters. The Morgan fingerprint density at radius 2 is 1.59 bits per heavy atom. The smallest absolute Gasteiger partial charge is 0.251 e. The van der Waals surface area contributed by atoms with Gasteiger partial charge in [-0.3, -0.25) is 4.79 Å². The van der Waals surface area contributed by atoms with Crippen LogP contribution < -0.4 is 10.0 Å². The molecule has 0 spiro atoms. The Hall–Kier alpha value is -2.18. The van der Waals surface area contributed by atoms with Gasteiger partial charge >= 0.3 is 0 Å². The molecule has 0 radical (unpaired) electrons. The summed E-state index contributed by atoms with van der Waals surface area (Å²) in [5.41, 5.74) is 2.45. The number of nitrogens with one attached hydrogen (secondary N) is 2. The standard InChI is InChI=1S/C21H26N2O3S/c1-21(2,3)17-8-12-19(13-9-17)27(25,26)22-14-15-4-6-16(7-5-15)20(24)23-18-10-11-18/h4-9,12-13,18,22H,10-11,14H2,1-3H3,(H,23,24). The Balaban J connectivity index is 1.62. The number of amides is 1. The van der Waals surface area contributed by atoms with Crippen LogP contribution in [0.3, 0.4) is 0 Å². The Bertz CT molecular complexity index is 907. The van der Waals surface area contributed by atoms with Crippen molar-refractivity contribution >= 4 is 15.9 Å². The number of sulfonamides is 1. The molecule has 1 fully saturated rings. The Kier molecular flexibility index (Phi) is 5.40. The van der Waals surface area contributed by atoms with Crippen molar-refractivity contribution in [3.63, 3.8) is 0 Å². The van der Waals surface area contributed by atoms with Crippen molar-refractivity contribution in [2.24, 2.45) is 0 Å². The summed E-state index contributed by atoms with van der Waals surface area (Å²) >= 11 is 0. The summed E-state index contributed by atoms with van der Waals surface area (Å²) in [5.74, 6) is -0.0800. The predicted octanol–water partition coefficient (Wildman–Crippen LogP) is 3.35.